The number of para-hydroxylation sites is 1. The molecule has 8 nitrogen and oxygen atoms in total. The van der Waals surface area contributed by atoms with E-state index in [0.29, 0.717) is 11.4 Å². The van der Waals surface area contributed by atoms with Crippen molar-refractivity contribution >= 4 is 28.9 Å². The first-order valence-electron chi connectivity index (χ1n) is 7.41. The molecule has 0 atom stereocenters. The van der Waals surface area contributed by atoms with Crippen LogP contribution in [0.25, 0.3) is 0 Å². The molecule has 0 unspecified atom stereocenters. The summed E-state index contributed by atoms with van der Waals surface area (Å²) >= 11 is 0. The summed E-state index contributed by atoms with van der Waals surface area (Å²) in [4.78, 5) is 34.3. The molecule has 0 aliphatic heterocycles. The van der Waals surface area contributed by atoms with Crippen molar-refractivity contribution in [3.8, 4) is 0 Å². The van der Waals surface area contributed by atoms with Gasteiger partial charge in [0, 0.05) is 30.6 Å². The number of amides is 1. The Balaban J connectivity index is 2.04. The van der Waals surface area contributed by atoms with Crippen molar-refractivity contribution in [2.24, 2.45) is 0 Å². The van der Waals surface area contributed by atoms with E-state index in [2.05, 4.69) is 10.6 Å². The van der Waals surface area contributed by atoms with Crippen LogP contribution in [0.15, 0.2) is 42.5 Å². The first kappa shape index (κ1) is 17.9. The molecule has 0 saturated carbocycles. The van der Waals surface area contributed by atoms with Gasteiger partial charge in [-0.3, -0.25) is 14.9 Å². The average molecular weight is 343 g/mol. The Kier molecular flexibility index (Phi) is 5.67. The van der Waals surface area contributed by atoms with E-state index < -0.39 is 23.4 Å². The summed E-state index contributed by atoms with van der Waals surface area (Å²) < 4.78 is 4.97. The van der Waals surface area contributed by atoms with Gasteiger partial charge in [0.25, 0.3) is 11.6 Å². The summed E-state index contributed by atoms with van der Waals surface area (Å²) in [6.45, 7) is 1.34. The second kappa shape index (κ2) is 7.91. The second-order valence-electron chi connectivity index (χ2n) is 5.18. The molecule has 0 saturated heterocycles. The van der Waals surface area contributed by atoms with Crippen LogP contribution < -0.4 is 10.6 Å². The van der Waals surface area contributed by atoms with Gasteiger partial charge in [0.15, 0.2) is 6.61 Å². The molecular weight excluding hydrogens is 326 g/mol. The normalized spacial score (nSPS) is 10.0. The fourth-order valence-electron chi connectivity index (χ4n) is 2.14. The van der Waals surface area contributed by atoms with Crippen LogP contribution in [-0.2, 0) is 9.53 Å². The average Bonchev–Trinajstić information content (AvgIpc) is 2.61. The van der Waals surface area contributed by atoms with Gasteiger partial charge in [-0.1, -0.05) is 18.2 Å². The number of nitrogens with one attached hydrogen (secondary N) is 2. The summed E-state index contributed by atoms with van der Waals surface area (Å²) in [7, 11) is 1.57. The van der Waals surface area contributed by atoms with Gasteiger partial charge in [0.1, 0.15) is 0 Å². The summed E-state index contributed by atoms with van der Waals surface area (Å²) in [5.41, 5.74) is 1.61. The van der Waals surface area contributed by atoms with Gasteiger partial charge in [-0.05, 0) is 24.6 Å². The number of carbonyl (C=O) groups excluding carboxylic acids is 2. The minimum absolute atomic E-state index is 0.0135. The Bertz CT molecular complexity index is 820. The van der Waals surface area contributed by atoms with Crippen molar-refractivity contribution in [1.29, 1.82) is 0 Å². The lowest BCUT2D eigenvalue weighted by Crippen LogP contribution is -2.21. The molecule has 0 fully saturated rings. The van der Waals surface area contributed by atoms with E-state index in [0.717, 1.165) is 11.6 Å². The third-order valence-electron chi connectivity index (χ3n) is 3.46. The lowest BCUT2D eigenvalue weighted by molar-refractivity contribution is -0.384. The van der Waals surface area contributed by atoms with E-state index in [9.17, 15) is 19.7 Å². The lowest BCUT2D eigenvalue weighted by atomic mass is 10.1. The maximum absolute atomic E-state index is 12.2. The van der Waals surface area contributed by atoms with E-state index in [1.807, 2.05) is 19.1 Å². The van der Waals surface area contributed by atoms with E-state index in [1.165, 1.54) is 12.1 Å². The van der Waals surface area contributed by atoms with Gasteiger partial charge < -0.3 is 15.4 Å². The van der Waals surface area contributed by atoms with Crippen LogP contribution in [0.1, 0.15) is 15.9 Å². The number of hydrogen-bond acceptors (Lipinski definition) is 6. The molecule has 0 heterocycles. The first-order chi connectivity index (χ1) is 11.9. The Morgan fingerprint density at radius 1 is 1.16 bits per heavy atom. The summed E-state index contributed by atoms with van der Waals surface area (Å²) in [5.74, 6) is -1.33. The highest BCUT2D eigenvalue weighted by atomic mass is 16.6. The Labute approximate surface area is 144 Å². The van der Waals surface area contributed by atoms with Crippen LogP contribution in [0, 0.1) is 17.0 Å². The Hall–Kier alpha value is -3.42. The quantitative estimate of drug-likeness (QED) is 0.474. The van der Waals surface area contributed by atoms with Crippen LogP contribution in [0.2, 0.25) is 0 Å². The van der Waals surface area contributed by atoms with Crippen molar-refractivity contribution in [1.82, 2.24) is 0 Å². The number of benzene rings is 2. The number of carbonyl (C=O) groups is 2. The largest absolute Gasteiger partial charge is 0.452 e. The molecule has 8 heteroatoms. The highest BCUT2D eigenvalue weighted by Crippen LogP contribution is 2.22. The van der Waals surface area contributed by atoms with Crippen molar-refractivity contribution < 1.29 is 19.2 Å². The van der Waals surface area contributed by atoms with Crippen molar-refractivity contribution in [2.75, 3.05) is 24.3 Å². The number of esters is 1. The second-order valence-corrected chi connectivity index (χ2v) is 5.18. The van der Waals surface area contributed by atoms with Crippen LogP contribution in [0.5, 0.6) is 0 Å². The van der Waals surface area contributed by atoms with E-state index in [4.69, 9.17) is 4.74 Å². The number of nitro benzene ring substituents is 1. The third-order valence-corrected chi connectivity index (χ3v) is 3.46. The Morgan fingerprint density at radius 3 is 2.52 bits per heavy atom. The van der Waals surface area contributed by atoms with Crippen molar-refractivity contribution in [3.63, 3.8) is 0 Å². The van der Waals surface area contributed by atoms with E-state index >= 15 is 0 Å². The van der Waals surface area contributed by atoms with Crippen LogP contribution in [0.4, 0.5) is 17.1 Å². The zero-order valence-corrected chi connectivity index (χ0v) is 13.7. The number of ether oxygens (including phenoxy) is 1. The number of nitro groups is 1. The third kappa shape index (κ3) is 4.54. The zero-order valence-electron chi connectivity index (χ0n) is 13.7. The molecule has 0 aliphatic carbocycles. The van der Waals surface area contributed by atoms with Gasteiger partial charge in [-0.2, -0.15) is 0 Å². The summed E-state index contributed by atoms with van der Waals surface area (Å²) in [5, 5.41) is 16.2. The molecule has 25 heavy (non-hydrogen) atoms. The molecule has 0 aromatic heterocycles. The van der Waals surface area contributed by atoms with E-state index in [-0.39, 0.29) is 11.3 Å². The molecular formula is C17H17N3O5. The van der Waals surface area contributed by atoms with Crippen molar-refractivity contribution in [3.05, 3.63) is 63.7 Å². The maximum atomic E-state index is 12.2. The molecule has 2 aromatic carbocycles. The number of non-ortho nitro benzene ring substituents is 1. The molecule has 2 aromatic rings. The standard InChI is InChI=1S/C17H17N3O5/c1-11-5-3-4-6-14(11)19-16(21)10-25-17(22)13-9-12(20(23)24)7-8-15(13)18-2/h3-9,18H,10H2,1-2H3,(H,19,21). The monoisotopic (exact) mass is 343 g/mol. The zero-order chi connectivity index (χ0) is 18.4. The number of anilines is 2. The first-order valence-corrected chi connectivity index (χ1v) is 7.41. The van der Waals surface area contributed by atoms with Crippen molar-refractivity contribution in [2.45, 2.75) is 6.92 Å². The predicted octanol–water partition coefficient (Wildman–Crippen LogP) is 2.74. The van der Waals surface area contributed by atoms with Gasteiger partial charge in [0.2, 0.25) is 0 Å². The Morgan fingerprint density at radius 2 is 1.88 bits per heavy atom. The number of rotatable bonds is 6. The van der Waals surface area contributed by atoms with Gasteiger partial charge in [-0.25, -0.2) is 4.79 Å². The fraction of sp³-hybridized carbons (Fsp3) is 0.176. The molecule has 2 rings (SSSR count). The smallest absolute Gasteiger partial charge is 0.341 e. The number of aryl methyl sites for hydroxylation is 1. The molecule has 0 bridgehead atoms. The van der Waals surface area contributed by atoms with E-state index in [1.54, 1.807) is 19.2 Å². The lowest BCUT2D eigenvalue weighted by Gasteiger charge is -2.10. The van der Waals surface area contributed by atoms with Crippen LogP contribution >= 0.6 is 0 Å². The molecule has 0 spiro atoms. The molecule has 2 N–H and O–H groups in total. The van der Waals surface area contributed by atoms with Gasteiger partial charge >= 0.3 is 5.97 Å². The molecule has 0 radical (unpaired) electrons. The molecule has 1 amide bonds. The van der Waals surface area contributed by atoms with Crippen LogP contribution in [0.3, 0.4) is 0 Å². The molecule has 130 valence electrons. The summed E-state index contributed by atoms with van der Waals surface area (Å²) in [6.07, 6.45) is 0. The number of nitrogens with zero attached hydrogens (tertiary/aromatic N) is 1. The summed E-state index contributed by atoms with van der Waals surface area (Å²) in [6, 6.07) is 11.0. The topological polar surface area (TPSA) is 111 Å². The molecule has 0 aliphatic rings. The van der Waals surface area contributed by atoms with Gasteiger partial charge in [-0.15, -0.1) is 0 Å². The highest BCUT2D eigenvalue weighted by molar-refractivity contribution is 5.99. The SMILES string of the molecule is CNc1ccc([N+](=O)[O-])cc1C(=O)OCC(=O)Nc1ccccc1C. The minimum Gasteiger partial charge on any atom is -0.452 e. The van der Waals surface area contributed by atoms with Gasteiger partial charge in [0.05, 0.1) is 10.5 Å². The fourth-order valence-corrected chi connectivity index (χ4v) is 2.14. The highest BCUT2D eigenvalue weighted by Gasteiger charge is 2.18. The minimum atomic E-state index is -0.826. The predicted molar refractivity (Wildman–Crippen MR) is 92.7 cm³/mol. The number of hydrogen-bond donors (Lipinski definition) is 2. The van der Waals surface area contributed by atoms with Crippen LogP contribution in [-0.4, -0.2) is 30.5 Å². The maximum Gasteiger partial charge on any atom is 0.341 e.